The third-order valence-electron chi connectivity index (χ3n) is 4.75. The Bertz CT molecular complexity index is 616. The molecule has 1 aromatic rings. The molecule has 1 unspecified atom stereocenters. The van der Waals surface area contributed by atoms with E-state index in [4.69, 9.17) is 9.57 Å². The fourth-order valence-electron chi connectivity index (χ4n) is 3.49. The van der Waals surface area contributed by atoms with E-state index < -0.39 is 5.82 Å². The Kier molecular flexibility index (Phi) is 3.86. The highest BCUT2D eigenvalue weighted by Crippen LogP contribution is 2.33. The van der Waals surface area contributed by atoms with Gasteiger partial charge in [0, 0.05) is 6.54 Å². The third kappa shape index (κ3) is 2.72. The number of rotatable bonds is 2. The number of ether oxygens (including phenoxy) is 1. The summed E-state index contributed by atoms with van der Waals surface area (Å²) >= 11 is 0. The van der Waals surface area contributed by atoms with Crippen LogP contribution >= 0.6 is 0 Å². The summed E-state index contributed by atoms with van der Waals surface area (Å²) in [6.07, 6.45) is 3.19. The number of anilines is 1. The van der Waals surface area contributed by atoms with Gasteiger partial charge in [0.05, 0.1) is 45.2 Å². The van der Waals surface area contributed by atoms with Gasteiger partial charge in [-0.05, 0) is 13.5 Å². The van der Waals surface area contributed by atoms with Crippen molar-refractivity contribution in [2.24, 2.45) is 0 Å². The number of likely N-dealkylation sites (N-methyl/N-ethyl adjacent to an activating group) is 1. The molecule has 0 aliphatic carbocycles. The minimum atomic E-state index is -0.451. The summed E-state index contributed by atoms with van der Waals surface area (Å²) in [5.41, 5.74) is -0.324. The van der Waals surface area contributed by atoms with E-state index in [1.54, 1.807) is 0 Å². The Morgan fingerprint density at radius 1 is 1.33 bits per heavy atom. The lowest BCUT2D eigenvalue weighted by Crippen LogP contribution is -2.72. The third-order valence-corrected chi connectivity index (χ3v) is 4.75. The quantitative estimate of drug-likeness (QED) is 0.732. The maximum Gasteiger partial charge on any atom is 0.265 e. The van der Waals surface area contributed by atoms with Crippen LogP contribution in [0.5, 0.6) is 0 Å². The zero-order chi connectivity index (χ0) is 16.7. The zero-order valence-electron chi connectivity index (χ0n) is 13.5. The number of carbonyl (C=O) groups is 1. The first-order valence-corrected chi connectivity index (χ1v) is 8.07. The fourth-order valence-corrected chi connectivity index (χ4v) is 3.49. The van der Waals surface area contributed by atoms with Gasteiger partial charge in [0.25, 0.3) is 5.91 Å². The van der Waals surface area contributed by atoms with Crippen LogP contribution in [0.4, 0.5) is 10.3 Å². The average molecular weight is 337 g/mol. The van der Waals surface area contributed by atoms with E-state index in [2.05, 4.69) is 9.97 Å². The van der Waals surface area contributed by atoms with Crippen LogP contribution in [0.15, 0.2) is 12.4 Å². The first-order valence-electron chi connectivity index (χ1n) is 8.07. The summed E-state index contributed by atoms with van der Waals surface area (Å²) in [5.74, 6) is 0.00737. The Hall–Kier alpha value is -1.84. The van der Waals surface area contributed by atoms with Crippen LogP contribution in [-0.2, 0) is 14.4 Å². The number of hydroxylamine groups is 2. The number of aromatic nitrogens is 2. The molecule has 0 N–H and O–H groups in total. The second-order valence-corrected chi connectivity index (χ2v) is 6.61. The summed E-state index contributed by atoms with van der Waals surface area (Å²) in [4.78, 5) is 29.7. The van der Waals surface area contributed by atoms with Crippen molar-refractivity contribution in [3.63, 3.8) is 0 Å². The molecule has 0 saturated carbocycles. The fraction of sp³-hybridized carbons (Fsp3) is 0.667. The topological polar surface area (TPSA) is 71.0 Å². The highest BCUT2D eigenvalue weighted by molar-refractivity contribution is 5.81. The van der Waals surface area contributed by atoms with Crippen molar-refractivity contribution in [2.45, 2.75) is 18.1 Å². The predicted octanol–water partition coefficient (Wildman–Crippen LogP) is -0.331. The normalized spacial score (nSPS) is 26.7. The number of morpholine rings is 1. The maximum atomic E-state index is 12.9. The van der Waals surface area contributed by atoms with Crippen LogP contribution in [0.1, 0.15) is 6.42 Å². The summed E-state index contributed by atoms with van der Waals surface area (Å²) in [5, 5.41) is 1.45. The monoisotopic (exact) mass is 337 g/mol. The van der Waals surface area contributed by atoms with Gasteiger partial charge >= 0.3 is 0 Å². The average Bonchev–Trinajstić information content (AvgIpc) is 3.07. The van der Waals surface area contributed by atoms with Crippen LogP contribution < -0.4 is 4.90 Å². The van der Waals surface area contributed by atoms with Gasteiger partial charge in [-0.3, -0.25) is 14.5 Å². The maximum absolute atomic E-state index is 12.9. The Labute approximate surface area is 139 Å². The number of amides is 1. The molecule has 3 aliphatic rings. The molecule has 3 fully saturated rings. The van der Waals surface area contributed by atoms with Crippen LogP contribution in [0.2, 0.25) is 0 Å². The lowest BCUT2D eigenvalue weighted by molar-refractivity contribution is -0.191. The minimum Gasteiger partial charge on any atom is -0.368 e. The Balaban J connectivity index is 1.35. The standard InChI is InChI=1S/C15H20FN5O3/c1-19-8-15(9-20(10-15)14-17-5-11(16)6-18-14)23-7-12(19)13(22)21-3-2-4-24-21/h5-6,12H,2-4,7-10H2,1H3. The van der Waals surface area contributed by atoms with Gasteiger partial charge in [-0.25, -0.2) is 19.4 Å². The number of halogens is 1. The highest BCUT2D eigenvalue weighted by atomic mass is 19.1. The molecule has 1 spiro atoms. The van der Waals surface area contributed by atoms with E-state index in [1.807, 2.05) is 16.8 Å². The van der Waals surface area contributed by atoms with Crippen LogP contribution in [0, 0.1) is 5.82 Å². The smallest absolute Gasteiger partial charge is 0.265 e. The van der Waals surface area contributed by atoms with E-state index in [1.165, 1.54) is 5.06 Å². The second kappa shape index (κ2) is 5.91. The van der Waals surface area contributed by atoms with E-state index in [-0.39, 0.29) is 17.6 Å². The molecule has 4 heterocycles. The van der Waals surface area contributed by atoms with Crippen LogP contribution in [0.3, 0.4) is 0 Å². The van der Waals surface area contributed by atoms with E-state index in [0.717, 1.165) is 18.8 Å². The van der Waals surface area contributed by atoms with Crippen molar-refractivity contribution in [1.82, 2.24) is 19.9 Å². The predicted molar refractivity (Wildman–Crippen MR) is 81.6 cm³/mol. The molecular weight excluding hydrogens is 317 g/mol. The highest BCUT2D eigenvalue weighted by Gasteiger charge is 2.51. The summed E-state index contributed by atoms with van der Waals surface area (Å²) in [6, 6.07) is -0.315. The molecular formula is C15H20FN5O3. The second-order valence-electron chi connectivity index (χ2n) is 6.61. The summed E-state index contributed by atoms with van der Waals surface area (Å²) < 4.78 is 18.9. The van der Waals surface area contributed by atoms with Gasteiger partial charge in [-0.15, -0.1) is 0 Å². The van der Waals surface area contributed by atoms with Gasteiger partial charge in [0.15, 0.2) is 5.82 Å². The van der Waals surface area contributed by atoms with E-state index in [9.17, 15) is 9.18 Å². The number of nitrogens with zero attached hydrogens (tertiary/aromatic N) is 5. The largest absolute Gasteiger partial charge is 0.368 e. The molecule has 130 valence electrons. The number of hydrogen-bond acceptors (Lipinski definition) is 7. The van der Waals surface area contributed by atoms with Gasteiger partial charge in [-0.1, -0.05) is 0 Å². The first kappa shape index (κ1) is 15.7. The lowest BCUT2D eigenvalue weighted by Gasteiger charge is -2.54. The van der Waals surface area contributed by atoms with Gasteiger partial charge in [0.2, 0.25) is 5.95 Å². The van der Waals surface area contributed by atoms with Crippen LogP contribution in [0.25, 0.3) is 0 Å². The van der Waals surface area contributed by atoms with Gasteiger partial charge in [0.1, 0.15) is 11.6 Å². The summed E-state index contributed by atoms with van der Waals surface area (Å²) in [6.45, 7) is 3.49. The molecule has 1 aromatic heterocycles. The minimum absolute atomic E-state index is 0.0390. The molecule has 8 nitrogen and oxygen atoms in total. The van der Waals surface area contributed by atoms with Crippen LogP contribution in [-0.4, -0.2) is 83.9 Å². The van der Waals surface area contributed by atoms with E-state index in [0.29, 0.717) is 45.3 Å². The molecule has 0 aromatic carbocycles. The van der Waals surface area contributed by atoms with Gasteiger partial charge < -0.3 is 9.64 Å². The molecule has 24 heavy (non-hydrogen) atoms. The molecule has 9 heteroatoms. The molecule has 4 rings (SSSR count). The van der Waals surface area contributed by atoms with Crippen molar-refractivity contribution in [3.05, 3.63) is 18.2 Å². The first-order chi connectivity index (χ1) is 11.6. The molecule has 0 bridgehead atoms. The van der Waals surface area contributed by atoms with Crippen molar-refractivity contribution < 1.29 is 18.8 Å². The van der Waals surface area contributed by atoms with Crippen molar-refractivity contribution >= 4 is 11.9 Å². The SMILES string of the molecule is CN1CC2(CN(c3ncc(F)cn3)C2)OCC1C(=O)N1CCCO1. The summed E-state index contributed by atoms with van der Waals surface area (Å²) in [7, 11) is 1.93. The van der Waals surface area contributed by atoms with Gasteiger partial charge in [-0.2, -0.15) is 0 Å². The Morgan fingerprint density at radius 3 is 2.71 bits per heavy atom. The molecule has 1 amide bonds. The van der Waals surface area contributed by atoms with Crippen molar-refractivity contribution in [1.29, 1.82) is 0 Å². The lowest BCUT2D eigenvalue weighted by atomic mass is 9.91. The molecule has 3 saturated heterocycles. The van der Waals surface area contributed by atoms with E-state index >= 15 is 0 Å². The molecule has 3 aliphatic heterocycles. The molecule has 1 atom stereocenters. The molecule has 0 radical (unpaired) electrons. The Morgan fingerprint density at radius 2 is 2.08 bits per heavy atom. The van der Waals surface area contributed by atoms with Crippen molar-refractivity contribution in [3.8, 4) is 0 Å². The number of hydrogen-bond donors (Lipinski definition) is 0. The number of carbonyl (C=O) groups excluding carboxylic acids is 1. The zero-order valence-corrected chi connectivity index (χ0v) is 13.5. The van der Waals surface area contributed by atoms with Crippen molar-refractivity contribution in [2.75, 3.05) is 51.3 Å².